The van der Waals surface area contributed by atoms with Crippen molar-refractivity contribution in [3.05, 3.63) is 0 Å². The summed E-state index contributed by atoms with van der Waals surface area (Å²) < 4.78 is 17.9. The monoisotopic (exact) mass is 342 g/mol. The average Bonchev–Trinajstić information content (AvgIpc) is 2.15. The SMILES string of the molecule is CC(C)(C)[S+]([O-])N=CC1CCN(I)CC1. The maximum atomic E-state index is 11.7. The van der Waals surface area contributed by atoms with Crippen LogP contribution in [0.25, 0.3) is 0 Å². The van der Waals surface area contributed by atoms with Crippen LogP contribution in [0.5, 0.6) is 0 Å². The van der Waals surface area contributed by atoms with Gasteiger partial charge in [0.05, 0.1) is 6.21 Å². The minimum atomic E-state index is -1.09. The Morgan fingerprint density at radius 1 is 1.40 bits per heavy atom. The van der Waals surface area contributed by atoms with Gasteiger partial charge in [-0.25, -0.2) is 3.11 Å². The van der Waals surface area contributed by atoms with E-state index in [9.17, 15) is 4.55 Å². The molecule has 88 valence electrons. The van der Waals surface area contributed by atoms with Crippen LogP contribution in [0.1, 0.15) is 33.6 Å². The zero-order chi connectivity index (χ0) is 11.5. The lowest BCUT2D eigenvalue weighted by Crippen LogP contribution is -2.29. The molecule has 1 fully saturated rings. The molecule has 0 spiro atoms. The number of piperidine rings is 1. The number of hydrogen-bond acceptors (Lipinski definition) is 3. The Morgan fingerprint density at radius 2 is 1.93 bits per heavy atom. The molecule has 0 aromatic carbocycles. The first kappa shape index (κ1) is 13.7. The molecule has 0 aliphatic carbocycles. The van der Waals surface area contributed by atoms with E-state index in [0.717, 1.165) is 25.9 Å². The summed E-state index contributed by atoms with van der Waals surface area (Å²) in [6.07, 6.45) is 4.17. The van der Waals surface area contributed by atoms with Crippen molar-refractivity contribution < 1.29 is 4.55 Å². The highest BCUT2D eigenvalue weighted by Gasteiger charge is 2.26. The molecule has 1 saturated heterocycles. The summed E-state index contributed by atoms with van der Waals surface area (Å²) in [5, 5.41) is 0. The summed E-state index contributed by atoms with van der Waals surface area (Å²) >= 11 is 1.26. The molecule has 0 amide bonds. The number of hydrogen-bond donors (Lipinski definition) is 0. The minimum Gasteiger partial charge on any atom is -0.591 e. The molecule has 1 heterocycles. The standard InChI is InChI=1S/C10H19IN2OS/c1-10(2,3)15(14)12-8-9-4-6-13(11)7-5-9/h8-9H,4-7H2,1-3H3. The lowest BCUT2D eigenvalue weighted by molar-refractivity contribution is 0.368. The van der Waals surface area contributed by atoms with E-state index in [-0.39, 0.29) is 4.75 Å². The molecule has 0 aromatic rings. The van der Waals surface area contributed by atoms with Gasteiger partial charge in [0.25, 0.3) is 0 Å². The van der Waals surface area contributed by atoms with Crippen LogP contribution in [0.3, 0.4) is 0 Å². The number of rotatable bonds is 2. The third kappa shape index (κ3) is 5.01. The average molecular weight is 342 g/mol. The van der Waals surface area contributed by atoms with Gasteiger partial charge in [0, 0.05) is 41.9 Å². The zero-order valence-corrected chi connectivity index (χ0v) is 12.5. The molecule has 0 saturated carbocycles. The summed E-state index contributed by atoms with van der Waals surface area (Å²) in [6, 6.07) is 0. The Morgan fingerprint density at radius 3 is 2.40 bits per heavy atom. The van der Waals surface area contributed by atoms with Crippen LogP contribution in [0.4, 0.5) is 0 Å². The molecule has 0 bridgehead atoms. The number of nitrogens with zero attached hydrogens (tertiary/aromatic N) is 2. The Bertz CT molecular complexity index is 222. The van der Waals surface area contributed by atoms with Gasteiger partial charge in [-0.3, -0.25) is 0 Å². The lowest BCUT2D eigenvalue weighted by atomic mass is 10.0. The first-order valence-corrected chi connectivity index (χ1v) is 7.33. The van der Waals surface area contributed by atoms with Crippen LogP contribution < -0.4 is 0 Å². The smallest absolute Gasteiger partial charge is 0.144 e. The normalized spacial score (nSPS) is 23.5. The van der Waals surface area contributed by atoms with Crippen LogP contribution in [0.15, 0.2) is 4.40 Å². The molecular formula is C10H19IN2OS. The van der Waals surface area contributed by atoms with Gasteiger partial charge in [-0.15, -0.1) is 0 Å². The Labute approximate surface area is 110 Å². The molecule has 0 N–H and O–H groups in total. The third-order valence-corrected chi connectivity index (χ3v) is 4.70. The van der Waals surface area contributed by atoms with Gasteiger partial charge in [0.1, 0.15) is 16.1 Å². The van der Waals surface area contributed by atoms with Crippen molar-refractivity contribution in [1.29, 1.82) is 0 Å². The van der Waals surface area contributed by atoms with Crippen molar-refractivity contribution in [2.45, 2.75) is 38.4 Å². The Hall–Kier alpha value is 0.670. The van der Waals surface area contributed by atoms with E-state index in [1.807, 2.05) is 27.0 Å². The fraction of sp³-hybridized carbons (Fsp3) is 0.900. The molecule has 15 heavy (non-hydrogen) atoms. The quantitative estimate of drug-likeness (QED) is 0.335. The second-order valence-electron chi connectivity index (χ2n) is 4.86. The topological polar surface area (TPSA) is 38.7 Å². The van der Waals surface area contributed by atoms with E-state index in [0.29, 0.717) is 5.92 Å². The minimum absolute atomic E-state index is 0.236. The molecule has 1 unspecified atom stereocenters. The fourth-order valence-electron chi connectivity index (χ4n) is 1.32. The van der Waals surface area contributed by atoms with Crippen molar-refractivity contribution in [2.24, 2.45) is 10.3 Å². The maximum Gasteiger partial charge on any atom is 0.144 e. The largest absolute Gasteiger partial charge is 0.591 e. The second-order valence-corrected chi connectivity index (χ2v) is 8.16. The first-order valence-electron chi connectivity index (χ1n) is 5.26. The van der Waals surface area contributed by atoms with Gasteiger partial charge < -0.3 is 4.55 Å². The van der Waals surface area contributed by atoms with E-state index in [1.54, 1.807) is 0 Å². The second kappa shape index (κ2) is 5.84. The highest BCUT2D eigenvalue weighted by atomic mass is 127. The van der Waals surface area contributed by atoms with Crippen molar-refractivity contribution in [1.82, 2.24) is 3.11 Å². The van der Waals surface area contributed by atoms with Crippen LogP contribution in [0.2, 0.25) is 0 Å². The molecule has 1 atom stereocenters. The van der Waals surface area contributed by atoms with E-state index in [1.165, 1.54) is 0 Å². The summed E-state index contributed by atoms with van der Waals surface area (Å²) in [7, 11) is 0. The maximum absolute atomic E-state index is 11.7. The molecule has 5 heteroatoms. The van der Waals surface area contributed by atoms with Crippen molar-refractivity contribution in [3.8, 4) is 0 Å². The Kier molecular flexibility index (Phi) is 5.35. The van der Waals surface area contributed by atoms with E-state index >= 15 is 0 Å². The van der Waals surface area contributed by atoms with Crippen molar-refractivity contribution >= 4 is 40.4 Å². The van der Waals surface area contributed by atoms with Crippen molar-refractivity contribution in [3.63, 3.8) is 0 Å². The third-order valence-electron chi connectivity index (χ3n) is 2.38. The van der Waals surface area contributed by atoms with E-state index < -0.39 is 11.4 Å². The van der Waals surface area contributed by atoms with Gasteiger partial charge in [-0.2, -0.15) is 0 Å². The molecule has 1 aliphatic heterocycles. The lowest BCUT2D eigenvalue weighted by Gasteiger charge is -2.25. The van der Waals surface area contributed by atoms with Gasteiger partial charge in [0.15, 0.2) is 0 Å². The predicted molar refractivity (Wildman–Crippen MR) is 74.7 cm³/mol. The summed E-state index contributed by atoms with van der Waals surface area (Å²) in [5.74, 6) is 0.516. The predicted octanol–water partition coefficient (Wildman–Crippen LogP) is 2.58. The highest BCUT2D eigenvalue weighted by molar-refractivity contribution is 14.1. The summed E-state index contributed by atoms with van der Waals surface area (Å²) in [5.41, 5.74) is 0. The molecule has 1 rings (SSSR count). The van der Waals surface area contributed by atoms with Gasteiger partial charge in [-0.05, 0) is 33.6 Å². The highest BCUT2D eigenvalue weighted by Crippen LogP contribution is 2.20. The van der Waals surface area contributed by atoms with Crippen molar-refractivity contribution in [2.75, 3.05) is 13.1 Å². The number of halogens is 1. The van der Waals surface area contributed by atoms with Gasteiger partial charge in [-0.1, -0.05) is 4.40 Å². The van der Waals surface area contributed by atoms with Crippen LogP contribution in [0, 0.1) is 5.92 Å². The first-order chi connectivity index (χ1) is 6.89. The Balaban J connectivity index is 2.38. The zero-order valence-electron chi connectivity index (χ0n) is 9.57. The fourth-order valence-corrected chi connectivity index (χ4v) is 2.47. The van der Waals surface area contributed by atoms with Gasteiger partial charge in [0.2, 0.25) is 0 Å². The van der Waals surface area contributed by atoms with Crippen LogP contribution in [-0.4, -0.2) is 31.7 Å². The van der Waals surface area contributed by atoms with Gasteiger partial charge >= 0.3 is 0 Å². The molecule has 0 radical (unpaired) electrons. The van der Waals surface area contributed by atoms with E-state index in [2.05, 4.69) is 30.4 Å². The molecule has 0 aromatic heterocycles. The summed E-state index contributed by atoms with van der Waals surface area (Å²) in [4.78, 5) is 0. The molecular weight excluding hydrogens is 323 g/mol. The molecule has 3 nitrogen and oxygen atoms in total. The summed E-state index contributed by atoms with van der Waals surface area (Å²) in [6.45, 7) is 8.08. The van der Waals surface area contributed by atoms with Crippen LogP contribution in [-0.2, 0) is 11.4 Å². The van der Waals surface area contributed by atoms with E-state index in [4.69, 9.17) is 0 Å². The molecule has 1 aliphatic rings. The van der Waals surface area contributed by atoms with Crippen LogP contribution >= 0.6 is 22.9 Å².